The smallest absolute Gasteiger partial charge is 0.308 e. The van der Waals surface area contributed by atoms with Crippen molar-refractivity contribution in [3.63, 3.8) is 0 Å². The van der Waals surface area contributed by atoms with Gasteiger partial charge in [-0.25, -0.2) is 0 Å². The number of benzene rings is 2. The van der Waals surface area contributed by atoms with Crippen LogP contribution in [0, 0.1) is 11.3 Å². The molecule has 0 unspecified atom stereocenters. The molecule has 148 valence electrons. The van der Waals surface area contributed by atoms with Crippen LogP contribution in [-0.2, 0) is 19.1 Å². The molecule has 0 spiro atoms. The largest absolute Gasteiger partial charge is 0.452 e. The van der Waals surface area contributed by atoms with Crippen LogP contribution in [0.25, 0.3) is 0 Å². The first kappa shape index (κ1) is 20.4. The fourth-order valence-electron chi connectivity index (χ4n) is 2.82. The van der Waals surface area contributed by atoms with Crippen molar-refractivity contribution in [1.82, 2.24) is 0 Å². The highest BCUT2D eigenvalue weighted by molar-refractivity contribution is 8.00. The summed E-state index contributed by atoms with van der Waals surface area (Å²) in [5.74, 6) is -0.803. The number of carbonyl (C=O) groups is 3. The second-order valence-electron chi connectivity index (χ2n) is 6.37. The van der Waals surface area contributed by atoms with Gasteiger partial charge in [-0.05, 0) is 37.3 Å². The number of hydrogen-bond acceptors (Lipinski definition) is 6. The number of ether oxygens (including phenoxy) is 1. The molecule has 0 bridgehead atoms. The lowest BCUT2D eigenvalue weighted by Gasteiger charge is -2.28. The van der Waals surface area contributed by atoms with E-state index in [2.05, 4.69) is 5.32 Å². The summed E-state index contributed by atoms with van der Waals surface area (Å²) in [6.45, 7) is 1.66. The molecule has 7 nitrogen and oxygen atoms in total. The molecule has 0 aliphatic carbocycles. The van der Waals surface area contributed by atoms with Gasteiger partial charge in [0, 0.05) is 17.1 Å². The molecule has 2 amide bonds. The molecule has 0 saturated heterocycles. The van der Waals surface area contributed by atoms with Crippen molar-refractivity contribution in [3.05, 3.63) is 54.1 Å². The molecule has 1 atom stereocenters. The minimum Gasteiger partial charge on any atom is -0.452 e. The zero-order valence-electron chi connectivity index (χ0n) is 15.8. The van der Waals surface area contributed by atoms with Crippen LogP contribution in [-0.4, -0.2) is 36.2 Å². The van der Waals surface area contributed by atoms with Crippen LogP contribution >= 0.6 is 11.8 Å². The third-order valence-corrected chi connectivity index (χ3v) is 5.33. The summed E-state index contributed by atoms with van der Waals surface area (Å²) >= 11 is 1.47. The number of rotatable bonds is 6. The molecule has 1 N–H and O–H groups in total. The molecule has 3 rings (SSSR count). The molecule has 1 heterocycles. The van der Waals surface area contributed by atoms with Gasteiger partial charge in [0.25, 0.3) is 5.91 Å². The fourth-order valence-corrected chi connectivity index (χ4v) is 3.76. The number of nitrogens with zero attached hydrogens (tertiary/aromatic N) is 2. The molecule has 0 aromatic heterocycles. The Morgan fingerprint density at radius 3 is 2.86 bits per heavy atom. The quantitative estimate of drug-likeness (QED) is 0.737. The number of para-hydroxylation sites is 1. The van der Waals surface area contributed by atoms with Gasteiger partial charge in [-0.3, -0.25) is 14.4 Å². The fraction of sp³-hybridized carbons (Fsp3) is 0.238. The van der Waals surface area contributed by atoms with Crippen LogP contribution < -0.4 is 10.2 Å². The van der Waals surface area contributed by atoms with E-state index in [1.54, 1.807) is 23.1 Å². The van der Waals surface area contributed by atoms with Gasteiger partial charge in [-0.15, -0.1) is 11.8 Å². The summed E-state index contributed by atoms with van der Waals surface area (Å²) in [4.78, 5) is 39.2. The minimum atomic E-state index is -1.01. The van der Waals surface area contributed by atoms with Gasteiger partial charge in [-0.1, -0.05) is 18.2 Å². The van der Waals surface area contributed by atoms with E-state index in [0.29, 0.717) is 17.0 Å². The van der Waals surface area contributed by atoms with Gasteiger partial charge in [0.2, 0.25) is 5.91 Å². The number of anilines is 2. The zero-order valence-corrected chi connectivity index (χ0v) is 16.6. The highest BCUT2D eigenvalue weighted by atomic mass is 32.2. The Kier molecular flexibility index (Phi) is 6.52. The molecule has 2 aromatic carbocycles. The number of thioether (sulfide) groups is 1. The van der Waals surface area contributed by atoms with Crippen LogP contribution in [0.15, 0.2) is 53.4 Å². The second-order valence-corrected chi connectivity index (χ2v) is 7.38. The van der Waals surface area contributed by atoms with Gasteiger partial charge < -0.3 is 15.0 Å². The summed E-state index contributed by atoms with van der Waals surface area (Å²) in [5, 5.41) is 11.5. The van der Waals surface area contributed by atoms with E-state index in [0.717, 1.165) is 10.6 Å². The normalized spacial score (nSPS) is 13.8. The predicted octanol–water partition coefficient (Wildman–Crippen LogP) is 2.96. The van der Waals surface area contributed by atoms with Crippen molar-refractivity contribution in [3.8, 4) is 6.07 Å². The Morgan fingerprint density at radius 2 is 2.07 bits per heavy atom. The first-order valence-electron chi connectivity index (χ1n) is 9.00. The Morgan fingerprint density at radius 1 is 1.28 bits per heavy atom. The molecule has 8 heteroatoms. The Labute approximate surface area is 172 Å². The maximum atomic E-state index is 12.2. The molecule has 0 saturated carbocycles. The van der Waals surface area contributed by atoms with Crippen LogP contribution in [0.4, 0.5) is 11.4 Å². The topological polar surface area (TPSA) is 99.5 Å². The number of fused-ring (bicyclic) bond motifs is 1. The Balaban J connectivity index is 1.53. The SMILES string of the molecule is C[C@@H](OC(=O)CCN1C(=O)CSc2ccccc21)C(=O)Nc1cccc(C#N)c1. The van der Waals surface area contributed by atoms with Crippen LogP contribution in [0.2, 0.25) is 0 Å². The summed E-state index contributed by atoms with van der Waals surface area (Å²) in [6.07, 6.45) is -1.03. The average molecular weight is 409 g/mol. The lowest BCUT2D eigenvalue weighted by Crippen LogP contribution is -2.38. The number of carbonyl (C=O) groups excluding carboxylic acids is 3. The molecule has 2 aromatic rings. The first-order chi connectivity index (χ1) is 14.0. The van der Waals surface area contributed by atoms with E-state index >= 15 is 0 Å². The van der Waals surface area contributed by atoms with E-state index in [4.69, 9.17) is 10.00 Å². The molecule has 0 fully saturated rings. The number of nitriles is 1. The van der Waals surface area contributed by atoms with Gasteiger partial charge in [0.05, 0.1) is 29.5 Å². The van der Waals surface area contributed by atoms with Crippen molar-refractivity contribution >= 4 is 40.9 Å². The lowest BCUT2D eigenvalue weighted by atomic mass is 10.2. The zero-order chi connectivity index (χ0) is 20.8. The molecule has 0 radical (unpaired) electrons. The highest BCUT2D eigenvalue weighted by Gasteiger charge is 2.25. The third-order valence-electron chi connectivity index (χ3n) is 4.28. The van der Waals surface area contributed by atoms with Crippen LogP contribution in [0.1, 0.15) is 18.9 Å². The summed E-state index contributed by atoms with van der Waals surface area (Å²) in [6, 6.07) is 16.0. The molecule has 1 aliphatic heterocycles. The molecule has 29 heavy (non-hydrogen) atoms. The predicted molar refractivity (Wildman–Crippen MR) is 109 cm³/mol. The summed E-state index contributed by atoms with van der Waals surface area (Å²) in [5.41, 5.74) is 1.65. The van der Waals surface area contributed by atoms with Crippen molar-refractivity contribution in [2.24, 2.45) is 0 Å². The van der Waals surface area contributed by atoms with Crippen LogP contribution in [0.5, 0.6) is 0 Å². The van der Waals surface area contributed by atoms with E-state index in [1.807, 2.05) is 30.3 Å². The monoisotopic (exact) mass is 409 g/mol. The van der Waals surface area contributed by atoms with E-state index < -0.39 is 18.0 Å². The Hall–Kier alpha value is -3.31. The van der Waals surface area contributed by atoms with Gasteiger partial charge >= 0.3 is 5.97 Å². The first-order valence-corrected chi connectivity index (χ1v) is 9.99. The van der Waals surface area contributed by atoms with E-state index in [1.165, 1.54) is 24.8 Å². The third kappa shape index (κ3) is 5.15. The van der Waals surface area contributed by atoms with E-state index in [9.17, 15) is 14.4 Å². The number of amides is 2. The van der Waals surface area contributed by atoms with Gasteiger partial charge in [0.15, 0.2) is 6.10 Å². The number of nitrogens with one attached hydrogen (secondary N) is 1. The molecular weight excluding hydrogens is 390 g/mol. The van der Waals surface area contributed by atoms with Crippen molar-refractivity contribution < 1.29 is 19.1 Å². The lowest BCUT2D eigenvalue weighted by molar-refractivity contribution is -0.152. The maximum absolute atomic E-state index is 12.2. The second kappa shape index (κ2) is 9.26. The van der Waals surface area contributed by atoms with Crippen molar-refractivity contribution in [2.75, 3.05) is 22.5 Å². The van der Waals surface area contributed by atoms with Crippen molar-refractivity contribution in [2.45, 2.75) is 24.3 Å². The molecule has 1 aliphatic rings. The number of esters is 1. The summed E-state index contributed by atoms with van der Waals surface area (Å²) in [7, 11) is 0. The minimum absolute atomic E-state index is 0.0215. The van der Waals surface area contributed by atoms with Gasteiger partial charge in [-0.2, -0.15) is 5.26 Å². The average Bonchev–Trinajstić information content (AvgIpc) is 2.73. The maximum Gasteiger partial charge on any atom is 0.308 e. The standard InChI is InChI=1S/C21H19N3O4S/c1-14(21(27)23-16-6-4-5-15(11-16)12-22)28-20(26)9-10-24-17-7-2-3-8-18(17)29-13-19(24)25/h2-8,11,14H,9-10,13H2,1H3,(H,23,27)/t14-/m1/s1. The van der Waals surface area contributed by atoms with E-state index in [-0.39, 0.29) is 18.9 Å². The Bertz CT molecular complexity index is 986. The van der Waals surface area contributed by atoms with Crippen LogP contribution in [0.3, 0.4) is 0 Å². The highest BCUT2D eigenvalue weighted by Crippen LogP contribution is 2.34. The van der Waals surface area contributed by atoms with Crippen molar-refractivity contribution in [1.29, 1.82) is 5.26 Å². The number of hydrogen-bond donors (Lipinski definition) is 1. The summed E-state index contributed by atoms with van der Waals surface area (Å²) < 4.78 is 5.20. The van der Waals surface area contributed by atoms with Gasteiger partial charge in [0.1, 0.15) is 0 Å². The molecular formula is C21H19N3O4S.